The largest absolute Gasteiger partial charge is 0.586 e. The first kappa shape index (κ1) is 22.6. The van der Waals surface area contributed by atoms with Crippen molar-refractivity contribution in [3.05, 3.63) is 52.8 Å². The highest BCUT2D eigenvalue weighted by Crippen LogP contribution is 2.46. The Morgan fingerprint density at radius 2 is 1.71 bits per heavy atom. The van der Waals surface area contributed by atoms with Gasteiger partial charge in [0.2, 0.25) is 0 Å². The normalized spacial score (nSPS) is 25.8. The quantitative estimate of drug-likeness (QED) is 0.634. The number of fused-ring (bicyclic) bond motifs is 3. The molecule has 2 bridgehead atoms. The fraction of sp³-hybridized carbons (Fsp3) is 0.391. The van der Waals surface area contributed by atoms with Crippen LogP contribution >= 0.6 is 11.6 Å². The maximum Gasteiger partial charge on any atom is 0.586 e. The van der Waals surface area contributed by atoms with Gasteiger partial charge in [0.25, 0.3) is 11.8 Å². The predicted molar refractivity (Wildman–Crippen MR) is 114 cm³/mol. The Bertz CT molecular complexity index is 1140. The van der Waals surface area contributed by atoms with Crippen LogP contribution < -0.4 is 24.8 Å². The molecule has 0 radical (unpaired) electrons. The highest BCUT2D eigenvalue weighted by Gasteiger charge is 2.47. The molecule has 11 heteroatoms. The first-order valence-electron chi connectivity index (χ1n) is 10.7. The van der Waals surface area contributed by atoms with Gasteiger partial charge in [-0.15, -0.1) is 8.78 Å². The second-order valence-electron chi connectivity index (χ2n) is 8.67. The lowest BCUT2D eigenvalue weighted by Crippen LogP contribution is -2.60. The Hall–Kier alpha value is -3.14. The molecule has 3 saturated carbocycles. The van der Waals surface area contributed by atoms with Crippen molar-refractivity contribution in [1.29, 1.82) is 0 Å². The Morgan fingerprint density at radius 1 is 1.00 bits per heavy atom. The second-order valence-corrected chi connectivity index (χ2v) is 9.08. The number of rotatable bonds is 6. The molecule has 6 rings (SSSR count). The Morgan fingerprint density at radius 3 is 2.44 bits per heavy atom. The minimum atomic E-state index is -3.75. The van der Waals surface area contributed by atoms with Gasteiger partial charge in [-0.05, 0) is 61.4 Å². The monoisotopic (exact) mass is 496 g/mol. The van der Waals surface area contributed by atoms with E-state index in [2.05, 4.69) is 20.1 Å². The highest BCUT2D eigenvalue weighted by molar-refractivity contribution is 6.30. The average Bonchev–Trinajstić information content (AvgIpc) is 3.06. The summed E-state index contributed by atoms with van der Waals surface area (Å²) < 4.78 is 54.0. The molecule has 2 unspecified atom stereocenters. The van der Waals surface area contributed by atoms with Crippen molar-refractivity contribution in [1.82, 2.24) is 10.6 Å². The minimum Gasteiger partial charge on any atom is -0.484 e. The molecular formula is C23H20ClF3N2O5. The third-order valence-electron chi connectivity index (χ3n) is 6.44. The number of benzene rings is 2. The number of hydrogen-bond donors (Lipinski definition) is 2. The van der Waals surface area contributed by atoms with Gasteiger partial charge in [-0.3, -0.25) is 9.59 Å². The molecular weight excluding hydrogens is 477 g/mol. The van der Waals surface area contributed by atoms with Crippen molar-refractivity contribution in [3.8, 4) is 17.2 Å². The van der Waals surface area contributed by atoms with E-state index in [4.69, 9.17) is 16.3 Å². The number of carbonyl (C=O) groups is 2. The molecule has 1 heterocycles. The van der Waals surface area contributed by atoms with Crippen LogP contribution in [0.15, 0.2) is 36.4 Å². The van der Waals surface area contributed by atoms with Crippen molar-refractivity contribution in [2.75, 3.05) is 6.61 Å². The number of carbonyl (C=O) groups excluding carboxylic acids is 2. The fourth-order valence-corrected chi connectivity index (χ4v) is 4.80. The summed E-state index contributed by atoms with van der Waals surface area (Å²) in [6.45, 7) is -0.285. The van der Waals surface area contributed by atoms with Crippen LogP contribution in [-0.4, -0.2) is 36.8 Å². The summed E-state index contributed by atoms with van der Waals surface area (Å²) in [4.78, 5) is 25.1. The molecule has 1 aliphatic heterocycles. The van der Waals surface area contributed by atoms with Crippen LogP contribution in [0.1, 0.15) is 29.6 Å². The lowest BCUT2D eigenvalue weighted by molar-refractivity contribution is -0.286. The number of amides is 2. The fourth-order valence-electron chi connectivity index (χ4n) is 4.68. The molecule has 2 atom stereocenters. The molecule has 3 aliphatic carbocycles. The van der Waals surface area contributed by atoms with Gasteiger partial charge in [0, 0.05) is 23.7 Å². The molecule has 7 nitrogen and oxygen atoms in total. The summed E-state index contributed by atoms with van der Waals surface area (Å²) in [5.74, 6) is -0.958. The van der Waals surface area contributed by atoms with E-state index in [0.29, 0.717) is 12.3 Å². The molecule has 2 amide bonds. The minimum absolute atomic E-state index is 0.0367. The average molecular weight is 497 g/mol. The van der Waals surface area contributed by atoms with Crippen molar-refractivity contribution in [3.63, 3.8) is 0 Å². The van der Waals surface area contributed by atoms with Gasteiger partial charge in [0.05, 0.1) is 5.02 Å². The molecule has 180 valence electrons. The topological polar surface area (TPSA) is 85.9 Å². The van der Waals surface area contributed by atoms with E-state index in [-0.39, 0.29) is 58.4 Å². The van der Waals surface area contributed by atoms with Gasteiger partial charge in [-0.25, -0.2) is 4.39 Å². The van der Waals surface area contributed by atoms with Gasteiger partial charge in [0.15, 0.2) is 18.1 Å². The Balaban J connectivity index is 1.15. The zero-order chi connectivity index (χ0) is 24.0. The zero-order valence-corrected chi connectivity index (χ0v) is 18.4. The number of ether oxygens (including phenoxy) is 3. The van der Waals surface area contributed by atoms with E-state index in [0.717, 1.165) is 18.9 Å². The first-order chi connectivity index (χ1) is 16.2. The smallest absolute Gasteiger partial charge is 0.484 e. The zero-order valence-electron chi connectivity index (χ0n) is 17.7. The summed E-state index contributed by atoms with van der Waals surface area (Å²) in [5.41, 5.74) is 0.172. The lowest BCUT2D eigenvalue weighted by atomic mass is 9.60. The molecule has 0 aromatic heterocycles. The molecule has 0 saturated heterocycles. The molecule has 2 N–H and O–H groups in total. The number of nitrogens with one attached hydrogen (secondary N) is 2. The van der Waals surface area contributed by atoms with Crippen LogP contribution in [-0.2, 0) is 4.79 Å². The van der Waals surface area contributed by atoms with E-state index in [1.807, 2.05) is 0 Å². The van der Waals surface area contributed by atoms with E-state index >= 15 is 0 Å². The molecule has 2 aromatic carbocycles. The van der Waals surface area contributed by atoms with Crippen LogP contribution in [0.25, 0.3) is 0 Å². The Kier molecular flexibility index (Phi) is 5.71. The van der Waals surface area contributed by atoms with Crippen molar-refractivity contribution in [2.24, 2.45) is 11.8 Å². The summed E-state index contributed by atoms with van der Waals surface area (Å²) in [7, 11) is 0. The van der Waals surface area contributed by atoms with Gasteiger partial charge in [-0.1, -0.05) is 11.6 Å². The van der Waals surface area contributed by atoms with Gasteiger partial charge < -0.3 is 24.8 Å². The number of hydrogen-bond acceptors (Lipinski definition) is 5. The SMILES string of the molecule is O=C(COc1ccc(Cl)c(F)c1)NC1CC(NC(=O)c2ccc3c(c2)OC(F)(F)O3)C2CC1C2. The number of alkyl halides is 2. The summed E-state index contributed by atoms with van der Waals surface area (Å²) in [6.07, 6.45) is -1.51. The second kappa shape index (κ2) is 8.57. The molecule has 3 fully saturated rings. The van der Waals surface area contributed by atoms with Crippen molar-refractivity contribution >= 4 is 23.4 Å². The first-order valence-corrected chi connectivity index (χ1v) is 11.1. The predicted octanol–water partition coefficient (Wildman–Crippen LogP) is 3.89. The van der Waals surface area contributed by atoms with E-state index in [9.17, 15) is 22.8 Å². The van der Waals surface area contributed by atoms with Gasteiger partial charge in [0.1, 0.15) is 11.6 Å². The number of halogens is 4. The van der Waals surface area contributed by atoms with E-state index in [1.54, 1.807) is 0 Å². The van der Waals surface area contributed by atoms with Crippen LogP contribution in [0, 0.1) is 17.7 Å². The van der Waals surface area contributed by atoms with Crippen LogP contribution in [0.5, 0.6) is 17.2 Å². The maximum absolute atomic E-state index is 13.5. The summed E-state index contributed by atoms with van der Waals surface area (Å²) >= 11 is 5.64. The van der Waals surface area contributed by atoms with Gasteiger partial charge in [-0.2, -0.15) is 0 Å². The maximum atomic E-state index is 13.5. The highest BCUT2D eigenvalue weighted by atomic mass is 35.5. The summed E-state index contributed by atoms with van der Waals surface area (Å²) in [5, 5.41) is 5.84. The van der Waals surface area contributed by atoms with Crippen molar-refractivity contribution < 1.29 is 37.0 Å². The van der Waals surface area contributed by atoms with Gasteiger partial charge >= 0.3 is 6.29 Å². The lowest BCUT2D eigenvalue weighted by Gasteiger charge is -2.51. The third-order valence-corrected chi connectivity index (χ3v) is 6.75. The van der Waals surface area contributed by atoms with Crippen molar-refractivity contribution in [2.45, 2.75) is 37.6 Å². The van der Waals surface area contributed by atoms with Crippen LogP contribution in [0.3, 0.4) is 0 Å². The molecule has 4 aliphatic rings. The van der Waals surface area contributed by atoms with E-state index in [1.165, 1.54) is 30.3 Å². The molecule has 0 spiro atoms. The van der Waals surface area contributed by atoms with Crippen LogP contribution in [0.2, 0.25) is 5.02 Å². The standard InChI is InChI=1S/C23H20ClF3N2O5/c24-15-3-2-14(8-16(15)25)32-10-21(30)28-17-9-18(13-5-12(17)6-13)29-22(31)11-1-4-19-20(7-11)34-23(26,27)33-19/h1-4,7-8,12-13,17-18H,5-6,9-10H2,(H,28,30)(H,29,31). The van der Waals surface area contributed by atoms with E-state index < -0.39 is 18.0 Å². The van der Waals surface area contributed by atoms with Crippen LogP contribution in [0.4, 0.5) is 13.2 Å². The molecule has 2 aromatic rings. The Labute approximate surface area is 197 Å². The third kappa shape index (κ3) is 4.59. The molecule has 34 heavy (non-hydrogen) atoms. The summed E-state index contributed by atoms with van der Waals surface area (Å²) in [6, 6.07) is 7.47.